The first-order valence-corrected chi connectivity index (χ1v) is 5.67. The lowest BCUT2D eigenvalue weighted by molar-refractivity contribution is 0.0518. The molecule has 0 aromatic carbocycles. The Bertz CT molecular complexity index is 194. The molecule has 0 rings (SSSR count). The minimum atomic E-state index is -0.411. The van der Waals surface area contributed by atoms with Gasteiger partial charge >= 0.3 is 6.09 Å². The normalized spacial score (nSPS) is 13.8. The minimum Gasteiger partial charge on any atom is -0.444 e. The van der Waals surface area contributed by atoms with Crippen LogP contribution in [0.3, 0.4) is 0 Å². The van der Waals surface area contributed by atoms with E-state index in [-0.39, 0.29) is 6.09 Å². The van der Waals surface area contributed by atoms with Gasteiger partial charge in [0.1, 0.15) is 5.60 Å². The van der Waals surface area contributed by atoms with Crippen LogP contribution in [0.4, 0.5) is 4.79 Å². The summed E-state index contributed by atoms with van der Waals surface area (Å²) in [6.45, 7) is 12.8. The van der Waals surface area contributed by atoms with Crippen molar-refractivity contribution in [2.24, 2.45) is 11.8 Å². The third-order valence-electron chi connectivity index (χ3n) is 1.87. The number of carbonyl (C=O) groups excluding carboxylic acids is 1. The lowest BCUT2D eigenvalue weighted by atomic mass is 9.99. The van der Waals surface area contributed by atoms with Gasteiger partial charge < -0.3 is 10.1 Å². The molecule has 15 heavy (non-hydrogen) atoms. The molecule has 0 spiro atoms. The second-order valence-electron chi connectivity index (χ2n) is 5.62. The minimum absolute atomic E-state index is 0.321. The molecule has 0 aliphatic carbocycles. The summed E-state index contributed by atoms with van der Waals surface area (Å²) < 4.78 is 5.14. The number of hydrogen-bond acceptors (Lipinski definition) is 2. The third-order valence-corrected chi connectivity index (χ3v) is 1.87. The van der Waals surface area contributed by atoms with E-state index in [4.69, 9.17) is 4.74 Å². The molecule has 0 bridgehead atoms. The lowest BCUT2D eigenvalue weighted by Gasteiger charge is -2.21. The molecule has 1 atom stereocenters. The summed E-state index contributed by atoms with van der Waals surface area (Å²) in [5, 5.41) is 2.78. The van der Waals surface area contributed by atoms with Gasteiger partial charge in [0.2, 0.25) is 0 Å². The van der Waals surface area contributed by atoms with Gasteiger partial charge in [0.25, 0.3) is 0 Å². The van der Waals surface area contributed by atoms with Gasteiger partial charge in [-0.1, -0.05) is 20.8 Å². The zero-order valence-electron chi connectivity index (χ0n) is 10.9. The molecule has 90 valence electrons. The van der Waals surface area contributed by atoms with Gasteiger partial charge in [-0.05, 0) is 39.0 Å². The van der Waals surface area contributed by atoms with Crippen LogP contribution >= 0.6 is 0 Å². The van der Waals surface area contributed by atoms with Crippen LogP contribution in [0.2, 0.25) is 0 Å². The lowest BCUT2D eigenvalue weighted by Crippen LogP contribution is -2.35. The smallest absolute Gasteiger partial charge is 0.407 e. The maximum atomic E-state index is 11.3. The van der Waals surface area contributed by atoms with Gasteiger partial charge in [-0.15, -0.1) is 0 Å². The van der Waals surface area contributed by atoms with Crippen molar-refractivity contribution in [1.29, 1.82) is 0 Å². The van der Waals surface area contributed by atoms with Crippen molar-refractivity contribution in [2.45, 2.75) is 53.6 Å². The van der Waals surface area contributed by atoms with Crippen LogP contribution in [-0.4, -0.2) is 18.2 Å². The Balaban J connectivity index is 3.72. The predicted molar refractivity (Wildman–Crippen MR) is 62.9 cm³/mol. The van der Waals surface area contributed by atoms with Crippen molar-refractivity contribution < 1.29 is 9.53 Å². The first-order chi connectivity index (χ1) is 6.70. The van der Waals surface area contributed by atoms with Crippen LogP contribution in [0, 0.1) is 11.8 Å². The Labute approximate surface area is 93.6 Å². The number of ether oxygens (including phenoxy) is 1. The summed E-state index contributed by atoms with van der Waals surface area (Å²) in [6, 6.07) is 0. The maximum absolute atomic E-state index is 11.3. The molecule has 3 heteroatoms. The average molecular weight is 215 g/mol. The van der Waals surface area contributed by atoms with E-state index in [1.54, 1.807) is 0 Å². The standard InChI is InChI=1S/C12H25NO2/c1-9(2)7-10(3)8-13-11(14)15-12(4,5)6/h9-10H,7-8H2,1-6H3,(H,13,14)/t10-/m0/s1. The summed E-state index contributed by atoms with van der Waals surface area (Å²) in [4.78, 5) is 11.3. The first-order valence-electron chi connectivity index (χ1n) is 5.67. The highest BCUT2D eigenvalue weighted by molar-refractivity contribution is 5.67. The third kappa shape index (κ3) is 9.57. The topological polar surface area (TPSA) is 38.3 Å². The van der Waals surface area contributed by atoms with E-state index in [2.05, 4.69) is 26.1 Å². The van der Waals surface area contributed by atoms with Crippen LogP contribution in [0.25, 0.3) is 0 Å². The number of amides is 1. The van der Waals surface area contributed by atoms with E-state index >= 15 is 0 Å². The molecule has 0 aromatic rings. The van der Waals surface area contributed by atoms with Gasteiger partial charge in [0, 0.05) is 6.54 Å². The van der Waals surface area contributed by atoms with Crippen LogP contribution < -0.4 is 5.32 Å². The number of alkyl carbamates (subject to hydrolysis) is 1. The molecule has 1 amide bonds. The van der Waals surface area contributed by atoms with Gasteiger partial charge in [-0.25, -0.2) is 4.79 Å². The van der Waals surface area contributed by atoms with Gasteiger partial charge in [0.05, 0.1) is 0 Å². The fourth-order valence-corrected chi connectivity index (χ4v) is 1.46. The molecule has 0 unspecified atom stereocenters. The average Bonchev–Trinajstić information content (AvgIpc) is 1.96. The van der Waals surface area contributed by atoms with Crippen LogP contribution in [0.15, 0.2) is 0 Å². The van der Waals surface area contributed by atoms with Crippen LogP contribution in [0.1, 0.15) is 48.0 Å². The number of rotatable bonds is 4. The van der Waals surface area contributed by atoms with Crippen LogP contribution in [-0.2, 0) is 4.74 Å². The van der Waals surface area contributed by atoms with Gasteiger partial charge in [-0.2, -0.15) is 0 Å². The molecule has 0 aliphatic rings. The molecule has 0 saturated carbocycles. The second kappa shape index (κ2) is 5.99. The number of hydrogen-bond donors (Lipinski definition) is 1. The summed E-state index contributed by atoms with van der Waals surface area (Å²) >= 11 is 0. The quantitative estimate of drug-likeness (QED) is 0.782. The molecule has 0 saturated heterocycles. The molecule has 3 nitrogen and oxygen atoms in total. The first kappa shape index (κ1) is 14.3. The van der Waals surface area contributed by atoms with Gasteiger partial charge in [-0.3, -0.25) is 0 Å². The zero-order chi connectivity index (χ0) is 12.1. The summed E-state index contributed by atoms with van der Waals surface area (Å²) in [5.74, 6) is 1.16. The predicted octanol–water partition coefficient (Wildman–Crippen LogP) is 3.19. The molecular formula is C12H25NO2. The molecule has 0 fully saturated rings. The maximum Gasteiger partial charge on any atom is 0.407 e. The molecule has 0 radical (unpaired) electrons. The van der Waals surface area contributed by atoms with Crippen molar-refractivity contribution in [2.75, 3.05) is 6.54 Å². The van der Waals surface area contributed by atoms with Gasteiger partial charge in [0.15, 0.2) is 0 Å². The largest absolute Gasteiger partial charge is 0.444 e. The zero-order valence-corrected chi connectivity index (χ0v) is 10.9. The molecule has 0 heterocycles. The van der Waals surface area contributed by atoms with E-state index in [9.17, 15) is 4.79 Å². The monoisotopic (exact) mass is 215 g/mol. The summed E-state index contributed by atoms with van der Waals surface area (Å²) in [6.07, 6.45) is 0.800. The summed E-state index contributed by atoms with van der Waals surface area (Å²) in [7, 11) is 0. The van der Waals surface area contributed by atoms with E-state index in [1.165, 1.54) is 0 Å². The highest BCUT2D eigenvalue weighted by Gasteiger charge is 2.16. The molecule has 1 N–H and O–H groups in total. The SMILES string of the molecule is CC(C)C[C@H](C)CNC(=O)OC(C)(C)C. The Kier molecular flexibility index (Phi) is 5.69. The second-order valence-corrected chi connectivity index (χ2v) is 5.62. The van der Waals surface area contributed by atoms with Crippen molar-refractivity contribution in [3.05, 3.63) is 0 Å². The van der Waals surface area contributed by atoms with Crippen LogP contribution in [0.5, 0.6) is 0 Å². The van der Waals surface area contributed by atoms with E-state index in [1.807, 2.05) is 20.8 Å². The van der Waals surface area contributed by atoms with Crippen molar-refractivity contribution >= 4 is 6.09 Å². The number of nitrogens with one attached hydrogen (secondary N) is 1. The Morgan fingerprint density at radius 1 is 1.27 bits per heavy atom. The number of carbonyl (C=O) groups is 1. The van der Waals surface area contributed by atoms with E-state index < -0.39 is 5.60 Å². The fourth-order valence-electron chi connectivity index (χ4n) is 1.46. The van der Waals surface area contributed by atoms with Crippen molar-refractivity contribution in [3.63, 3.8) is 0 Å². The van der Waals surface area contributed by atoms with Crippen molar-refractivity contribution in [1.82, 2.24) is 5.32 Å². The Morgan fingerprint density at radius 3 is 2.20 bits per heavy atom. The van der Waals surface area contributed by atoms with E-state index in [0.717, 1.165) is 6.42 Å². The highest BCUT2D eigenvalue weighted by atomic mass is 16.6. The molecule has 0 aliphatic heterocycles. The Morgan fingerprint density at radius 2 is 1.80 bits per heavy atom. The van der Waals surface area contributed by atoms with E-state index in [0.29, 0.717) is 18.4 Å². The molecular weight excluding hydrogens is 190 g/mol. The Hall–Kier alpha value is -0.730. The molecule has 0 aromatic heterocycles. The summed E-state index contributed by atoms with van der Waals surface area (Å²) in [5.41, 5.74) is -0.411. The van der Waals surface area contributed by atoms with Crippen molar-refractivity contribution in [3.8, 4) is 0 Å². The highest BCUT2D eigenvalue weighted by Crippen LogP contribution is 2.10. The fraction of sp³-hybridized carbons (Fsp3) is 0.917.